The zero-order valence-electron chi connectivity index (χ0n) is 23.5. The highest BCUT2D eigenvalue weighted by atomic mass is 35.5. The summed E-state index contributed by atoms with van der Waals surface area (Å²) in [6.45, 7) is 0.324. The molecule has 1 aromatic heterocycles. The number of methoxy groups -OCH3 is 1. The predicted molar refractivity (Wildman–Crippen MR) is 164 cm³/mol. The summed E-state index contributed by atoms with van der Waals surface area (Å²) in [5.41, 5.74) is 11.1. The van der Waals surface area contributed by atoms with Crippen LogP contribution in [0.2, 0.25) is 5.02 Å². The monoisotopic (exact) mass is 634 g/mol. The van der Waals surface area contributed by atoms with E-state index < -0.39 is 33.7 Å². The van der Waals surface area contributed by atoms with E-state index in [9.17, 15) is 18.7 Å². The summed E-state index contributed by atoms with van der Waals surface area (Å²) in [4.78, 5) is 21.2. The van der Waals surface area contributed by atoms with Crippen LogP contribution in [-0.2, 0) is 21.2 Å². The average molecular weight is 635 g/mol. The van der Waals surface area contributed by atoms with Crippen molar-refractivity contribution < 1.29 is 22.3 Å². The van der Waals surface area contributed by atoms with Crippen LogP contribution in [0.3, 0.4) is 0 Å². The van der Waals surface area contributed by atoms with Gasteiger partial charge in [0.2, 0.25) is 21.8 Å². The zero-order chi connectivity index (χ0) is 31.3. The first-order valence-electron chi connectivity index (χ1n) is 13.7. The molecule has 3 aromatic carbocycles. The number of aromatic nitrogens is 1. The molecule has 1 aliphatic rings. The van der Waals surface area contributed by atoms with Gasteiger partial charge in [0.25, 0.3) is 0 Å². The van der Waals surface area contributed by atoms with E-state index in [0.717, 1.165) is 0 Å². The van der Waals surface area contributed by atoms with Crippen molar-refractivity contribution in [2.75, 3.05) is 19.0 Å². The predicted octanol–water partition coefficient (Wildman–Crippen LogP) is 6.34. The molecule has 1 fully saturated rings. The fraction of sp³-hybridized carbons (Fsp3) is 0.226. The number of hydrogen-bond donors (Lipinski definition) is 1. The third-order valence-corrected chi connectivity index (χ3v) is 9.62. The Kier molecular flexibility index (Phi) is 9.46. The van der Waals surface area contributed by atoms with Gasteiger partial charge in [-0.15, -0.1) is 0 Å². The topological polar surface area (TPSA) is 137 Å². The number of pyridine rings is 1. The van der Waals surface area contributed by atoms with Gasteiger partial charge in [-0.1, -0.05) is 59.2 Å². The van der Waals surface area contributed by atoms with E-state index in [4.69, 9.17) is 16.3 Å². The number of nitrogens with zero attached hydrogens (tertiary/aromatic N) is 5. The normalized spacial score (nSPS) is 17.2. The first-order chi connectivity index (χ1) is 21.2. The van der Waals surface area contributed by atoms with E-state index in [-0.39, 0.29) is 28.6 Å². The Hall–Kier alpha value is -4.48. The third-order valence-electron chi connectivity index (χ3n) is 7.44. The lowest BCUT2D eigenvalue weighted by atomic mass is 9.85. The number of rotatable bonds is 12. The molecular formula is C31H28ClFN6O4S. The molecule has 44 heavy (non-hydrogen) atoms. The van der Waals surface area contributed by atoms with Crippen molar-refractivity contribution >= 4 is 33.2 Å². The van der Waals surface area contributed by atoms with Crippen molar-refractivity contribution in [2.24, 2.45) is 5.11 Å². The molecule has 2 heterocycles. The first kappa shape index (κ1) is 31.0. The number of carbonyl (C=O) groups excluding carboxylic acids is 1. The van der Waals surface area contributed by atoms with E-state index in [1.165, 1.54) is 41.9 Å². The number of carbonyl (C=O) groups is 1. The maximum absolute atomic E-state index is 15.1. The van der Waals surface area contributed by atoms with E-state index in [1.54, 1.807) is 60.7 Å². The molecule has 4 atom stereocenters. The fourth-order valence-corrected chi connectivity index (χ4v) is 6.88. The smallest absolute Gasteiger partial charge is 0.243 e. The van der Waals surface area contributed by atoms with Gasteiger partial charge in [0.05, 0.1) is 12.0 Å². The number of sulfonamides is 1. The van der Waals surface area contributed by atoms with Gasteiger partial charge in [0.15, 0.2) is 0 Å². The van der Waals surface area contributed by atoms with Crippen LogP contribution < -0.4 is 10.1 Å². The molecule has 13 heteroatoms. The number of nitrogens with one attached hydrogen (secondary N) is 1. The van der Waals surface area contributed by atoms with Crippen molar-refractivity contribution in [1.82, 2.24) is 9.29 Å². The van der Waals surface area contributed by atoms with Crippen LogP contribution in [0.25, 0.3) is 10.4 Å². The molecule has 1 unspecified atom stereocenters. The van der Waals surface area contributed by atoms with Crippen LogP contribution in [0.15, 0.2) is 101 Å². The zero-order valence-corrected chi connectivity index (χ0v) is 25.1. The van der Waals surface area contributed by atoms with Gasteiger partial charge >= 0.3 is 0 Å². The van der Waals surface area contributed by atoms with E-state index in [0.29, 0.717) is 35.0 Å². The second-order valence-electron chi connectivity index (χ2n) is 10.1. The van der Waals surface area contributed by atoms with Crippen LogP contribution >= 0.6 is 11.6 Å². The maximum Gasteiger partial charge on any atom is 0.243 e. The molecule has 0 saturated carbocycles. The van der Waals surface area contributed by atoms with Crippen LogP contribution in [0.5, 0.6) is 5.88 Å². The van der Waals surface area contributed by atoms with Crippen LogP contribution in [0, 0.1) is 5.82 Å². The lowest BCUT2D eigenvalue weighted by Gasteiger charge is -2.24. The molecule has 5 rings (SSSR count). The molecular weight excluding hydrogens is 607 g/mol. The van der Waals surface area contributed by atoms with Gasteiger partial charge in [0, 0.05) is 52.0 Å². The highest BCUT2D eigenvalue weighted by Gasteiger charge is 2.44. The lowest BCUT2D eigenvalue weighted by Crippen LogP contribution is -2.33. The third kappa shape index (κ3) is 6.84. The Labute approximate surface area is 259 Å². The maximum atomic E-state index is 15.1. The van der Waals surface area contributed by atoms with Gasteiger partial charge < -0.3 is 10.1 Å². The molecule has 0 aliphatic carbocycles. The molecule has 4 aromatic rings. The van der Waals surface area contributed by atoms with Crippen molar-refractivity contribution in [3.8, 4) is 5.88 Å². The Morgan fingerprint density at radius 1 is 1.11 bits per heavy atom. The molecule has 226 valence electrons. The number of ether oxygens (including phenoxy) is 1. The summed E-state index contributed by atoms with van der Waals surface area (Å²) >= 11 is 6.10. The lowest BCUT2D eigenvalue weighted by molar-refractivity contribution is -0.117. The standard InChI is InChI=1S/C31H28ClFN6O4S/c1-43-28-17-12-21(18-35-28)29(20-10-13-22(32)14-11-20)30(37-38-34)31(40)36-27-9-5-8-26(33)25(27)16-15-23-19-39(23)44(41,42)24-6-3-2-4-7-24/h2-14,17-18,23,29-30H,15-16,19H2,1H3,(H,36,40)/t23-,29-,30-,39?/m0/s1. The highest BCUT2D eigenvalue weighted by Crippen LogP contribution is 2.35. The van der Waals surface area contributed by atoms with Crippen molar-refractivity contribution in [1.29, 1.82) is 0 Å². The van der Waals surface area contributed by atoms with E-state index >= 15 is 4.39 Å². The minimum absolute atomic E-state index is 0.170. The number of amides is 1. The minimum atomic E-state index is -3.64. The number of anilines is 1. The molecule has 1 saturated heterocycles. The molecule has 0 radical (unpaired) electrons. The number of hydrogen-bond acceptors (Lipinski definition) is 6. The largest absolute Gasteiger partial charge is 0.481 e. The quantitative estimate of drug-likeness (QED) is 0.0839. The second-order valence-corrected chi connectivity index (χ2v) is 12.5. The molecule has 1 N–H and O–H groups in total. The van der Waals surface area contributed by atoms with Crippen molar-refractivity contribution in [3.63, 3.8) is 0 Å². The van der Waals surface area contributed by atoms with Crippen molar-refractivity contribution in [2.45, 2.75) is 35.7 Å². The van der Waals surface area contributed by atoms with Crippen LogP contribution in [0.1, 0.15) is 29.0 Å². The SMILES string of the molecule is COc1ccc([C@H](c2ccc(Cl)cc2)[C@H](N=[N+]=[N-])C(=O)Nc2cccc(F)c2CC[C@H]2CN2S(=O)(=O)c2ccccc2)cn1. The summed E-state index contributed by atoms with van der Waals surface area (Å²) in [6, 6.07) is 21.0. The molecule has 0 spiro atoms. The Bertz CT molecular complexity index is 1790. The Morgan fingerprint density at radius 3 is 2.50 bits per heavy atom. The van der Waals surface area contributed by atoms with Crippen molar-refractivity contribution in [3.05, 3.63) is 129 Å². The molecule has 1 aliphatic heterocycles. The van der Waals surface area contributed by atoms with Crippen LogP contribution in [-0.4, -0.2) is 49.4 Å². The van der Waals surface area contributed by atoms with Gasteiger partial charge in [-0.3, -0.25) is 4.79 Å². The fourth-order valence-electron chi connectivity index (χ4n) is 5.12. The van der Waals surface area contributed by atoms with E-state index in [1.807, 2.05) is 0 Å². The summed E-state index contributed by atoms with van der Waals surface area (Å²) < 4.78 is 47.5. The summed E-state index contributed by atoms with van der Waals surface area (Å²) in [7, 11) is -2.16. The number of azide groups is 1. The molecule has 10 nitrogen and oxygen atoms in total. The average Bonchev–Trinajstić information content (AvgIpc) is 3.83. The summed E-state index contributed by atoms with van der Waals surface area (Å²) in [5.74, 6) is -1.61. The molecule has 1 amide bonds. The van der Waals surface area contributed by atoms with Crippen LogP contribution in [0.4, 0.5) is 10.1 Å². The Morgan fingerprint density at radius 2 is 1.84 bits per heavy atom. The van der Waals surface area contributed by atoms with Gasteiger partial charge in [0.1, 0.15) is 11.9 Å². The minimum Gasteiger partial charge on any atom is -0.481 e. The highest BCUT2D eigenvalue weighted by molar-refractivity contribution is 7.89. The summed E-state index contributed by atoms with van der Waals surface area (Å²) in [5, 5.41) is 7.09. The molecule has 0 bridgehead atoms. The van der Waals surface area contributed by atoms with E-state index in [2.05, 4.69) is 20.3 Å². The van der Waals surface area contributed by atoms with Gasteiger partial charge in [-0.25, -0.2) is 17.8 Å². The van der Waals surface area contributed by atoms with Gasteiger partial charge in [-0.05, 0) is 65.9 Å². The number of benzene rings is 3. The van der Waals surface area contributed by atoms with Gasteiger partial charge in [-0.2, -0.15) is 4.31 Å². The number of halogens is 2. The second kappa shape index (κ2) is 13.4. The Balaban J connectivity index is 1.38. The summed E-state index contributed by atoms with van der Waals surface area (Å²) in [6.07, 6.45) is 2.05. The first-order valence-corrected chi connectivity index (χ1v) is 15.5.